The lowest BCUT2D eigenvalue weighted by molar-refractivity contribution is -0.139. The van der Waals surface area contributed by atoms with Crippen LogP contribution in [0.5, 0.6) is 0 Å². The molecule has 0 aromatic rings. The second-order valence-electron chi connectivity index (χ2n) is 6.36. The molecule has 3 nitrogen and oxygen atoms in total. The molecular weight excluding hydrogens is 324 g/mol. The van der Waals surface area contributed by atoms with E-state index in [-0.39, 0.29) is 19.2 Å². The third kappa shape index (κ3) is 12.7. The van der Waals surface area contributed by atoms with Gasteiger partial charge < -0.3 is 9.84 Å². The zero-order valence-electron chi connectivity index (χ0n) is 17.0. The van der Waals surface area contributed by atoms with Crippen LogP contribution >= 0.6 is 0 Å². The molecule has 148 valence electrons. The first kappa shape index (κ1) is 24.4. The van der Waals surface area contributed by atoms with Gasteiger partial charge in [-0.1, -0.05) is 95.8 Å². The van der Waals surface area contributed by atoms with Crippen LogP contribution < -0.4 is 0 Å². The molecule has 0 aliphatic carbocycles. The maximum absolute atomic E-state index is 12.5. The summed E-state index contributed by atoms with van der Waals surface area (Å²) < 4.78 is 5.18. The highest BCUT2D eigenvalue weighted by Crippen LogP contribution is 2.15. The molecule has 0 saturated carbocycles. The summed E-state index contributed by atoms with van der Waals surface area (Å²) in [5.74, 6) is -0.373. The van der Waals surface area contributed by atoms with Crippen LogP contribution in [0.25, 0.3) is 0 Å². The van der Waals surface area contributed by atoms with Gasteiger partial charge in [0.25, 0.3) is 0 Å². The largest absolute Gasteiger partial charge is 0.460 e. The molecule has 3 heteroatoms. The third-order valence-electron chi connectivity index (χ3n) is 3.91. The fraction of sp³-hybridized carbons (Fsp3) is 0.609. The fourth-order valence-corrected chi connectivity index (χ4v) is 2.32. The first-order valence-corrected chi connectivity index (χ1v) is 10.2. The number of esters is 1. The van der Waals surface area contributed by atoms with Crippen LogP contribution in [-0.4, -0.2) is 24.3 Å². The van der Waals surface area contributed by atoms with E-state index >= 15 is 0 Å². The van der Waals surface area contributed by atoms with Crippen molar-refractivity contribution < 1.29 is 14.6 Å². The van der Waals surface area contributed by atoms with Gasteiger partial charge in [-0.15, -0.1) is 0 Å². The van der Waals surface area contributed by atoms with E-state index in [0.717, 1.165) is 63.4 Å². The maximum atomic E-state index is 12.5. The molecule has 26 heavy (non-hydrogen) atoms. The van der Waals surface area contributed by atoms with E-state index in [1.165, 1.54) is 0 Å². The predicted octanol–water partition coefficient (Wildman–Crippen LogP) is 6.06. The Balaban J connectivity index is 5.52. The molecule has 0 unspecified atom stereocenters. The molecule has 0 saturated heterocycles. The van der Waals surface area contributed by atoms with E-state index in [0.29, 0.717) is 5.57 Å². The molecule has 0 heterocycles. The minimum Gasteiger partial charge on any atom is -0.460 e. The first-order valence-electron chi connectivity index (χ1n) is 10.2. The molecule has 0 aliphatic heterocycles. The fourth-order valence-electron chi connectivity index (χ4n) is 2.32. The molecule has 0 aromatic heterocycles. The molecule has 0 aliphatic rings. The van der Waals surface area contributed by atoms with Gasteiger partial charge in [0.2, 0.25) is 0 Å². The van der Waals surface area contributed by atoms with Crippen LogP contribution in [0, 0.1) is 0 Å². The summed E-state index contributed by atoms with van der Waals surface area (Å²) in [6, 6.07) is 0. The van der Waals surface area contributed by atoms with Gasteiger partial charge in [0.15, 0.2) is 0 Å². The lowest BCUT2D eigenvalue weighted by Crippen LogP contribution is -2.11. The summed E-state index contributed by atoms with van der Waals surface area (Å²) >= 11 is 0. The summed E-state index contributed by atoms with van der Waals surface area (Å²) in [7, 11) is 0. The lowest BCUT2D eigenvalue weighted by Gasteiger charge is -2.07. The Hall–Kier alpha value is -1.61. The normalized spacial score (nSPS) is 11.7. The van der Waals surface area contributed by atoms with Crippen LogP contribution in [0.2, 0.25) is 0 Å². The topological polar surface area (TPSA) is 46.5 Å². The number of aliphatic hydroxyl groups is 1. The van der Waals surface area contributed by atoms with Crippen molar-refractivity contribution in [1.29, 1.82) is 0 Å². The molecular formula is C23H38O3. The van der Waals surface area contributed by atoms with E-state index in [4.69, 9.17) is 9.84 Å². The second kappa shape index (κ2) is 18.2. The maximum Gasteiger partial charge on any atom is 0.338 e. The van der Waals surface area contributed by atoms with Crippen molar-refractivity contribution in [3.63, 3.8) is 0 Å². The van der Waals surface area contributed by atoms with Gasteiger partial charge >= 0.3 is 5.97 Å². The van der Waals surface area contributed by atoms with Crippen LogP contribution in [-0.2, 0) is 9.53 Å². The highest BCUT2D eigenvalue weighted by atomic mass is 16.5. The van der Waals surface area contributed by atoms with Crippen molar-refractivity contribution in [3.8, 4) is 0 Å². The molecule has 0 bridgehead atoms. The standard InChI is InChI=1S/C23H38O3/c1-4-7-10-13-16-21(17-14-11-8-5-2)22(18-15-12-9-6-3)23(25)26-20-19-24/h13-18,24H,4-12,19-20H2,1-3H3. The Morgan fingerprint density at radius 3 is 1.69 bits per heavy atom. The van der Waals surface area contributed by atoms with Crippen molar-refractivity contribution in [2.45, 2.75) is 78.6 Å². The van der Waals surface area contributed by atoms with Gasteiger partial charge in [-0.05, 0) is 24.8 Å². The van der Waals surface area contributed by atoms with Crippen LogP contribution in [0.1, 0.15) is 78.6 Å². The number of rotatable bonds is 15. The molecule has 0 amide bonds. The Bertz CT molecular complexity index is 450. The van der Waals surface area contributed by atoms with E-state index in [1.807, 2.05) is 24.3 Å². The van der Waals surface area contributed by atoms with Gasteiger partial charge in [-0.2, -0.15) is 0 Å². The number of carbonyl (C=O) groups excluding carboxylic acids is 1. The number of allylic oxidation sites excluding steroid dienone is 6. The average Bonchev–Trinajstić information content (AvgIpc) is 2.65. The van der Waals surface area contributed by atoms with E-state index in [1.54, 1.807) is 0 Å². The van der Waals surface area contributed by atoms with Crippen molar-refractivity contribution >= 4 is 5.97 Å². The van der Waals surface area contributed by atoms with Gasteiger partial charge in [-0.25, -0.2) is 4.79 Å². The predicted molar refractivity (Wildman–Crippen MR) is 111 cm³/mol. The number of unbranched alkanes of at least 4 members (excludes halogenated alkanes) is 6. The highest BCUT2D eigenvalue weighted by molar-refractivity contribution is 5.93. The van der Waals surface area contributed by atoms with Crippen molar-refractivity contribution in [1.82, 2.24) is 0 Å². The molecule has 0 spiro atoms. The SMILES string of the molecule is CCCCC=CC(C=CCCCC)=C(C=CCCCC)C(=O)OCCO. The summed E-state index contributed by atoms with van der Waals surface area (Å²) in [5, 5.41) is 8.94. The minimum absolute atomic E-state index is 0.0253. The number of ether oxygens (including phenoxy) is 1. The van der Waals surface area contributed by atoms with Crippen molar-refractivity contribution in [2.24, 2.45) is 0 Å². The Morgan fingerprint density at radius 1 is 0.808 bits per heavy atom. The Morgan fingerprint density at radius 2 is 1.27 bits per heavy atom. The number of hydrogen-bond acceptors (Lipinski definition) is 3. The van der Waals surface area contributed by atoms with Gasteiger partial charge in [0, 0.05) is 0 Å². The zero-order chi connectivity index (χ0) is 19.5. The molecule has 0 aromatic carbocycles. The first-order chi connectivity index (χ1) is 12.7. The van der Waals surface area contributed by atoms with Crippen molar-refractivity contribution in [3.05, 3.63) is 47.6 Å². The smallest absolute Gasteiger partial charge is 0.338 e. The third-order valence-corrected chi connectivity index (χ3v) is 3.91. The zero-order valence-corrected chi connectivity index (χ0v) is 17.0. The van der Waals surface area contributed by atoms with Gasteiger partial charge in [0.05, 0.1) is 12.2 Å². The highest BCUT2D eigenvalue weighted by Gasteiger charge is 2.11. The van der Waals surface area contributed by atoms with Crippen LogP contribution in [0.4, 0.5) is 0 Å². The molecule has 0 radical (unpaired) electrons. The molecule has 0 atom stereocenters. The molecule has 0 fully saturated rings. The number of aliphatic hydroxyl groups excluding tert-OH is 1. The molecule has 0 rings (SSSR count). The quantitative estimate of drug-likeness (QED) is 0.167. The van der Waals surface area contributed by atoms with Crippen molar-refractivity contribution in [2.75, 3.05) is 13.2 Å². The Kier molecular flexibility index (Phi) is 17.1. The monoisotopic (exact) mass is 362 g/mol. The van der Waals surface area contributed by atoms with E-state index < -0.39 is 0 Å². The van der Waals surface area contributed by atoms with Crippen LogP contribution in [0.15, 0.2) is 47.6 Å². The average molecular weight is 363 g/mol. The second-order valence-corrected chi connectivity index (χ2v) is 6.36. The Labute approximate surface area is 160 Å². The lowest BCUT2D eigenvalue weighted by atomic mass is 10.0. The summed E-state index contributed by atoms with van der Waals surface area (Å²) in [4.78, 5) is 12.5. The minimum atomic E-state index is -0.373. The van der Waals surface area contributed by atoms with Gasteiger partial charge in [0.1, 0.15) is 6.61 Å². The van der Waals surface area contributed by atoms with Crippen LogP contribution in [0.3, 0.4) is 0 Å². The van der Waals surface area contributed by atoms with Gasteiger partial charge in [-0.3, -0.25) is 0 Å². The van der Waals surface area contributed by atoms with E-state index in [2.05, 4.69) is 32.9 Å². The number of hydrogen-bond donors (Lipinski definition) is 1. The summed E-state index contributed by atoms with van der Waals surface area (Å²) in [6.07, 6.45) is 22.0. The molecule has 1 N–H and O–H groups in total. The summed E-state index contributed by atoms with van der Waals surface area (Å²) in [5.41, 5.74) is 1.45. The summed E-state index contributed by atoms with van der Waals surface area (Å²) in [6.45, 7) is 6.36. The van der Waals surface area contributed by atoms with E-state index in [9.17, 15) is 4.79 Å². The number of carbonyl (C=O) groups is 1.